The van der Waals surface area contributed by atoms with Gasteiger partial charge in [0, 0.05) is 22.9 Å². The van der Waals surface area contributed by atoms with Crippen molar-refractivity contribution in [3.05, 3.63) is 70.5 Å². The second-order valence-corrected chi connectivity index (χ2v) is 7.23. The zero-order valence-corrected chi connectivity index (χ0v) is 18.1. The average molecular weight is 429 g/mol. The Morgan fingerprint density at radius 2 is 1.87 bits per heavy atom. The molecule has 31 heavy (non-hydrogen) atoms. The van der Waals surface area contributed by atoms with E-state index in [2.05, 4.69) is 10.4 Å². The van der Waals surface area contributed by atoms with Gasteiger partial charge < -0.3 is 14.8 Å². The van der Waals surface area contributed by atoms with Crippen molar-refractivity contribution in [3.8, 4) is 17.2 Å². The Morgan fingerprint density at radius 3 is 2.52 bits per heavy atom. The van der Waals surface area contributed by atoms with Crippen LogP contribution in [-0.4, -0.2) is 29.9 Å². The van der Waals surface area contributed by atoms with Crippen molar-refractivity contribution in [1.29, 1.82) is 0 Å². The van der Waals surface area contributed by atoms with Gasteiger partial charge in [0.15, 0.2) is 5.82 Å². The minimum absolute atomic E-state index is 0.0666. The molecule has 3 rings (SSSR count). The van der Waals surface area contributed by atoms with Crippen LogP contribution in [0.4, 0.5) is 8.78 Å². The summed E-state index contributed by atoms with van der Waals surface area (Å²) in [6, 6.07) is 8.36. The van der Waals surface area contributed by atoms with Gasteiger partial charge in [0.25, 0.3) is 0 Å². The molecule has 0 bridgehead atoms. The Bertz CT molecular complexity index is 1110. The molecule has 164 valence electrons. The van der Waals surface area contributed by atoms with Crippen molar-refractivity contribution in [2.45, 2.75) is 33.2 Å². The van der Waals surface area contributed by atoms with E-state index in [0.29, 0.717) is 28.5 Å². The maximum atomic E-state index is 14.2. The minimum Gasteiger partial charge on any atom is -0.497 e. The molecule has 2 aromatic carbocycles. The summed E-state index contributed by atoms with van der Waals surface area (Å²) >= 11 is 0. The number of rotatable bonds is 7. The molecule has 0 radical (unpaired) electrons. The number of carbonyl (C=O) groups excluding carboxylic acids is 1. The summed E-state index contributed by atoms with van der Waals surface area (Å²) in [6.07, 6.45) is 0.0666. The lowest BCUT2D eigenvalue weighted by Gasteiger charge is -2.18. The molecular weight excluding hydrogens is 404 g/mol. The number of amides is 1. The fourth-order valence-electron chi connectivity index (χ4n) is 3.53. The van der Waals surface area contributed by atoms with E-state index in [4.69, 9.17) is 9.47 Å². The maximum absolute atomic E-state index is 14.2. The largest absolute Gasteiger partial charge is 0.497 e. The predicted molar refractivity (Wildman–Crippen MR) is 113 cm³/mol. The number of aromatic nitrogens is 2. The molecule has 8 heteroatoms. The van der Waals surface area contributed by atoms with Gasteiger partial charge in [0.2, 0.25) is 5.91 Å². The van der Waals surface area contributed by atoms with E-state index < -0.39 is 11.6 Å². The zero-order valence-electron chi connectivity index (χ0n) is 18.1. The summed E-state index contributed by atoms with van der Waals surface area (Å²) in [5, 5.41) is 7.31. The number of nitrogens with zero attached hydrogens (tertiary/aromatic N) is 2. The van der Waals surface area contributed by atoms with E-state index in [1.165, 1.54) is 16.8 Å². The highest BCUT2D eigenvalue weighted by atomic mass is 19.1. The molecule has 0 aliphatic heterocycles. The van der Waals surface area contributed by atoms with Crippen LogP contribution in [0.2, 0.25) is 0 Å². The van der Waals surface area contributed by atoms with Crippen LogP contribution in [0, 0.1) is 25.5 Å². The highest BCUT2D eigenvalue weighted by Gasteiger charge is 2.20. The molecule has 0 aliphatic rings. The quantitative estimate of drug-likeness (QED) is 0.611. The molecule has 6 nitrogen and oxygen atoms in total. The lowest BCUT2D eigenvalue weighted by molar-refractivity contribution is -0.121. The van der Waals surface area contributed by atoms with Crippen LogP contribution in [0.5, 0.6) is 11.5 Å². The van der Waals surface area contributed by atoms with Crippen LogP contribution >= 0.6 is 0 Å². The van der Waals surface area contributed by atoms with Gasteiger partial charge in [-0.25, -0.2) is 13.5 Å². The number of hydrogen-bond donors (Lipinski definition) is 1. The topological polar surface area (TPSA) is 65.4 Å². The van der Waals surface area contributed by atoms with E-state index in [0.717, 1.165) is 11.6 Å². The van der Waals surface area contributed by atoms with Crippen LogP contribution in [0.15, 0.2) is 36.4 Å². The summed E-state index contributed by atoms with van der Waals surface area (Å²) in [5.74, 6) is -0.306. The first-order valence-electron chi connectivity index (χ1n) is 9.77. The van der Waals surface area contributed by atoms with Crippen LogP contribution in [-0.2, 0) is 11.2 Å². The van der Waals surface area contributed by atoms with E-state index >= 15 is 0 Å². The molecule has 1 amide bonds. The monoisotopic (exact) mass is 429 g/mol. The SMILES string of the molecule is COc1ccc(OC)c([C@@H](C)NC(=O)Cc2c(C)nn(-c3ccc(F)cc3F)c2C)c1. The van der Waals surface area contributed by atoms with E-state index in [9.17, 15) is 13.6 Å². The molecule has 1 heterocycles. The molecule has 1 atom stereocenters. The first-order chi connectivity index (χ1) is 14.7. The second kappa shape index (κ2) is 9.16. The standard InChI is InChI=1S/C23H25F2N3O3/c1-13(19-11-17(30-4)7-9-22(19)31-5)26-23(29)12-18-14(2)27-28(15(18)3)21-8-6-16(24)10-20(21)25/h6-11,13H,12H2,1-5H3,(H,26,29)/t13-/m1/s1. The number of nitrogens with one attached hydrogen (secondary N) is 1. The molecule has 0 fully saturated rings. The third-order valence-corrected chi connectivity index (χ3v) is 5.20. The molecule has 1 aromatic heterocycles. The molecule has 0 aliphatic carbocycles. The molecular formula is C23H25F2N3O3. The Labute approximate surface area is 179 Å². The molecule has 3 aromatic rings. The van der Waals surface area contributed by atoms with E-state index in [-0.39, 0.29) is 24.1 Å². The smallest absolute Gasteiger partial charge is 0.225 e. The van der Waals surface area contributed by atoms with Crippen molar-refractivity contribution in [2.75, 3.05) is 14.2 Å². The van der Waals surface area contributed by atoms with Gasteiger partial charge in [-0.2, -0.15) is 5.10 Å². The molecule has 0 spiro atoms. The number of benzene rings is 2. The van der Waals surface area contributed by atoms with Crippen LogP contribution in [0.3, 0.4) is 0 Å². The normalized spacial score (nSPS) is 11.8. The predicted octanol–water partition coefficient (Wildman–Crippen LogP) is 4.20. The number of halogens is 2. The van der Waals surface area contributed by atoms with Crippen LogP contribution in [0.1, 0.15) is 35.5 Å². The van der Waals surface area contributed by atoms with Gasteiger partial charge in [0.1, 0.15) is 23.0 Å². The van der Waals surface area contributed by atoms with Gasteiger partial charge in [-0.15, -0.1) is 0 Å². The van der Waals surface area contributed by atoms with E-state index in [1.54, 1.807) is 40.2 Å². The highest BCUT2D eigenvalue weighted by Crippen LogP contribution is 2.29. The Morgan fingerprint density at radius 1 is 1.13 bits per heavy atom. The fraction of sp³-hybridized carbons (Fsp3) is 0.304. The highest BCUT2D eigenvalue weighted by molar-refractivity contribution is 5.79. The van der Waals surface area contributed by atoms with Gasteiger partial charge in [0.05, 0.1) is 32.4 Å². The van der Waals surface area contributed by atoms with Crippen molar-refractivity contribution >= 4 is 5.91 Å². The fourth-order valence-corrected chi connectivity index (χ4v) is 3.53. The molecule has 0 saturated heterocycles. The third-order valence-electron chi connectivity index (χ3n) is 5.20. The van der Waals surface area contributed by atoms with Crippen LogP contribution in [0.25, 0.3) is 5.69 Å². The molecule has 0 unspecified atom stereocenters. The molecule has 1 N–H and O–H groups in total. The van der Waals surface area contributed by atoms with Crippen LogP contribution < -0.4 is 14.8 Å². The second-order valence-electron chi connectivity index (χ2n) is 7.23. The number of ether oxygens (including phenoxy) is 2. The molecule has 0 saturated carbocycles. The Hall–Kier alpha value is -3.42. The minimum atomic E-state index is -0.722. The first-order valence-corrected chi connectivity index (χ1v) is 9.77. The number of methoxy groups -OCH3 is 2. The van der Waals surface area contributed by atoms with E-state index in [1.807, 2.05) is 13.0 Å². The lowest BCUT2D eigenvalue weighted by atomic mass is 10.1. The van der Waals surface area contributed by atoms with Crippen molar-refractivity contribution in [2.24, 2.45) is 0 Å². The van der Waals surface area contributed by atoms with Gasteiger partial charge >= 0.3 is 0 Å². The van der Waals surface area contributed by atoms with Gasteiger partial charge in [-0.05, 0) is 51.1 Å². The van der Waals surface area contributed by atoms with Crippen molar-refractivity contribution < 1.29 is 23.0 Å². The average Bonchev–Trinajstić information content (AvgIpc) is 3.01. The summed E-state index contributed by atoms with van der Waals surface area (Å²) in [5.41, 5.74) is 2.81. The Balaban J connectivity index is 1.81. The van der Waals surface area contributed by atoms with Gasteiger partial charge in [-0.3, -0.25) is 4.79 Å². The lowest BCUT2D eigenvalue weighted by Crippen LogP contribution is -2.28. The summed E-state index contributed by atoms with van der Waals surface area (Å²) in [7, 11) is 3.14. The first kappa shape index (κ1) is 22.3. The van der Waals surface area contributed by atoms with Crippen molar-refractivity contribution in [3.63, 3.8) is 0 Å². The Kier molecular flexibility index (Phi) is 6.58. The number of carbonyl (C=O) groups is 1. The number of hydrogen-bond acceptors (Lipinski definition) is 4. The summed E-state index contributed by atoms with van der Waals surface area (Å²) in [4.78, 5) is 12.8. The maximum Gasteiger partial charge on any atom is 0.225 e. The third kappa shape index (κ3) is 4.68. The number of aryl methyl sites for hydroxylation is 1. The van der Waals surface area contributed by atoms with Crippen molar-refractivity contribution in [1.82, 2.24) is 15.1 Å². The summed E-state index contributed by atoms with van der Waals surface area (Å²) in [6.45, 7) is 5.36. The zero-order chi connectivity index (χ0) is 22.7. The van der Waals surface area contributed by atoms with Gasteiger partial charge in [-0.1, -0.05) is 0 Å². The summed E-state index contributed by atoms with van der Waals surface area (Å²) < 4.78 is 39.5.